The van der Waals surface area contributed by atoms with Gasteiger partial charge >= 0.3 is 0 Å². The van der Waals surface area contributed by atoms with Crippen LogP contribution in [0.2, 0.25) is 5.02 Å². The van der Waals surface area contributed by atoms with Crippen LogP contribution in [0.1, 0.15) is 6.92 Å². The van der Waals surface area contributed by atoms with Gasteiger partial charge in [0.05, 0.1) is 10.7 Å². The average molecular weight is 224 g/mol. The molecular weight excluding hydrogens is 210 g/mol. The lowest BCUT2D eigenvalue weighted by molar-refractivity contribution is 0.377. The van der Waals surface area contributed by atoms with Crippen LogP contribution < -0.4 is 4.74 Å². The molecule has 3 heteroatoms. The van der Waals surface area contributed by atoms with E-state index in [1.807, 2.05) is 37.3 Å². The Balaban J connectivity index is 2.61. The van der Waals surface area contributed by atoms with E-state index in [1.54, 1.807) is 13.1 Å². The van der Waals surface area contributed by atoms with Gasteiger partial charge in [0.25, 0.3) is 0 Å². The second kappa shape index (κ2) is 6.25. The van der Waals surface area contributed by atoms with E-state index in [9.17, 15) is 0 Å². The molecule has 80 valence electrons. The Morgan fingerprint density at radius 1 is 1.47 bits per heavy atom. The van der Waals surface area contributed by atoms with Gasteiger partial charge in [0.2, 0.25) is 0 Å². The number of para-hydroxylation sites is 1. The maximum Gasteiger partial charge on any atom is 0.138 e. The van der Waals surface area contributed by atoms with Gasteiger partial charge in [-0.15, -0.1) is 0 Å². The first-order valence-electron chi connectivity index (χ1n) is 4.73. The van der Waals surface area contributed by atoms with E-state index in [0.29, 0.717) is 17.4 Å². The topological polar surface area (TPSA) is 21.6 Å². The molecule has 0 aliphatic heterocycles. The third-order valence-corrected chi connectivity index (χ3v) is 2.17. The van der Waals surface area contributed by atoms with Gasteiger partial charge in [-0.3, -0.25) is 4.99 Å². The molecule has 0 heterocycles. The minimum absolute atomic E-state index is 0.435. The first-order chi connectivity index (χ1) is 7.27. The maximum atomic E-state index is 5.95. The summed E-state index contributed by atoms with van der Waals surface area (Å²) < 4.78 is 5.53. The molecule has 0 N–H and O–H groups in total. The van der Waals surface area contributed by atoms with Crippen LogP contribution in [-0.4, -0.2) is 19.4 Å². The van der Waals surface area contributed by atoms with Crippen molar-refractivity contribution in [1.82, 2.24) is 0 Å². The first-order valence-corrected chi connectivity index (χ1v) is 5.11. The van der Waals surface area contributed by atoms with Crippen molar-refractivity contribution in [2.24, 2.45) is 4.99 Å². The van der Waals surface area contributed by atoms with Crippen molar-refractivity contribution >= 4 is 17.3 Å². The zero-order valence-corrected chi connectivity index (χ0v) is 9.66. The molecule has 0 aliphatic carbocycles. The van der Waals surface area contributed by atoms with Crippen LogP contribution in [0.5, 0.6) is 5.75 Å². The molecule has 0 aromatic heterocycles. The van der Waals surface area contributed by atoms with Crippen LogP contribution in [0, 0.1) is 0 Å². The summed E-state index contributed by atoms with van der Waals surface area (Å²) in [4.78, 5) is 4.08. The molecule has 0 atom stereocenters. The number of benzene rings is 1. The van der Waals surface area contributed by atoms with Crippen molar-refractivity contribution in [3.8, 4) is 5.75 Å². The summed E-state index contributed by atoms with van der Waals surface area (Å²) in [5.74, 6) is 0.685. The monoisotopic (exact) mass is 223 g/mol. The van der Waals surface area contributed by atoms with E-state index in [4.69, 9.17) is 16.3 Å². The Morgan fingerprint density at radius 3 is 2.80 bits per heavy atom. The summed E-state index contributed by atoms with van der Waals surface area (Å²) in [6.45, 7) is 2.38. The predicted molar refractivity (Wildman–Crippen MR) is 65.1 cm³/mol. The van der Waals surface area contributed by atoms with Crippen molar-refractivity contribution in [2.45, 2.75) is 6.92 Å². The molecule has 0 saturated heterocycles. The molecular formula is C12H14ClNO. The number of ether oxygens (including phenoxy) is 1. The molecule has 0 fully saturated rings. The highest BCUT2D eigenvalue weighted by Gasteiger charge is 2.00. The summed E-state index contributed by atoms with van der Waals surface area (Å²) in [6, 6.07) is 7.40. The fraction of sp³-hybridized carbons (Fsp3) is 0.250. The highest BCUT2D eigenvalue weighted by Crippen LogP contribution is 2.22. The number of halogens is 1. The van der Waals surface area contributed by atoms with E-state index >= 15 is 0 Å². The number of allylic oxidation sites excluding steroid dienone is 1. The number of rotatable bonds is 4. The Hall–Kier alpha value is -1.28. The van der Waals surface area contributed by atoms with Gasteiger partial charge < -0.3 is 4.74 Å². The van der Waals surface area contributed by atoms with Crippen LogP contribution >= 0.6 is 11.6 Å². The molecule has 0 amide bonds. The molecule has 0 spiro atoms. The van der Waals surface area contributed by atoms with Gasteiger partial charge in [0, 0.05) is 7.05 Å². The Bertz CT molecular complexity index is 372. The molecule has 2 nitrogen and oxygen atoms in total. The van der Waals surface area contributed by atoms with Gasteiger partial charge in [-0.05, 0) is 25.1 Å². The van der Waals surface area contributed by atoms with Crippen LogP contribution in [-0.2, 0) is 0 Å². The third kappa shape index (κ3) is 3.76. The summed E-state index contributed by atoms with van der Waals surface area (Å²) in [5, 5.41) is 0.619. The average Bonchev–Trinajstić information content (AvgIpc) is 2.26. The second-order valence-corrected chi connectivity index (χ2v) is 3.34. The number of hydrogen-bond donors (Lipinski definition) is 0. The summed E-state index contributed by atoms with van der Waals surface area (Å²) in [7, 11) is 1.74. The SMILES string of the molecule is C/C=C\C(COc1ccccc1Cl)=NC. The van der Waals surface area contributed by atoms with Crippen molar-refractivity contribution in [1.29, 1.82) is 0 Å². The zero-order chi connectivity index (χ0) is 11.1. The minimum Gasteiger partial charge on any atom is -0.486 e. The second-order valence-electron chi connectivity index (χ2n) is 2.93. The van der Waals surface area contributed by atoms with Crippen LogP contribution in [0.4, 0.5) is 0 Å². The third-order valence-electron chi connectivity index (χ3n) is 1.86. The lowest BCUT2D eigenvalue weighted by Crippen LogP contribution is -2.08. The molecule has 15 heavy (non-hydrogen) atoms. The van der Waals surface area contributed by atoms with Gasteiger partial charge in [0.1, 0.15) is 12.4 Å². The largest absolute Gasteiger partial charge is 0.486 e. The Morgan fingerprint density at radius 2 is 2.20 bits per heavy atom. The van der Waals surface area contributed by atoms with Crippen molar-refractivity contribution in [2.75, 3.05) is 13.7 Å². The lowest BCUT2D eigenvalue weighted by atomic mass is 10.3. The van der Waals surface area contributed by atoms with Gasteiger partial charge in [-0.2, -0.15) is 0 Å². The van der Waals surface area contributed by atoms with Crippen molar-refractivity contribution < 1.29 is 4.74 Å². The van der Waals surface area contributed by atoms with E-state index in [2.05, 4.69) is 4.99 Å². The van der Waals surface area contributed by atoms with E-state index < -0.39 is 0 Å². The molecule has 0 unspecified atom stereocenters. The maximum absolute atomic E-state index is 5.95. The quantitative estimate of drug-likeness (QED) is 0.718. The van der Waals surface area contributed by atoms with E-state index in [0.717, 1.165) is 5.71 Å². The molecule has 1 aromatic rings. The molecule has 1 aromatic carbocycles. The minimum atomic E-state index is 0.435. The van der Waals surface area contributed by atoms with Gasteiger partial charge in [-0.1, -0.05) is 29.8 Å². The van der Waals surface area contributed by atoms with E-state index in [-0.39, 0.29) is 0 Å². The number of hydrogen-bond acceptors (Lipinski definition) is 2. The lowest BCUT2D eigenvalue weighted by Gasteiger charge is -2.07. The number of aliphatic imine (C=N–C) groups is 1. The highest BCUT2D eigenvalue weighted by molar-refractivity contribution is 6.32. The molecule has 0 radical (unpaired) electrons. The van der Waals surface area contributed by atoms with Crippen molar-refractivity contribution in [3.63, 3.8) is 0 Å². The Labute approximate surface area is 95.2 Å². The fourth-order valence-electron chi connectivity index (χ4n) is 1.09. The Kier molecular flexibility index (Phi) is 4.91. The van der Waals surface area contributed by atoms with Crippen LogP contribution in [0.25, 0.3) is 0 Å². The molecule has 0 bridgehead atoms. The first kappa shape index (κ1) is 11.8. The molecule has 0 aliphatic rings. The number of nitrogens with zero attached hydrogens (tertiary/aromatic N) is 1. The van der Waals surface area contributed by atoms with Crippen LogP contribution in [0.3, 0.4) is 0 Å². The highest BCUT2D eigenvalue weighted by atomic mass is 35.5. The summed E-state index contributed by atoms with van der Waals surface area (Å²) in [6.07, 6.45) is 3.84. The normalized spacial score (nSPS) is 12.1. The summed E-state index contributed by atoms with van der Waals surface area (Å²) in [5.41, 5.74) is 0.886. The zero-order valence-electron chi connectivity index (χ0n) is 8.90. The molecule has 1 rings (SSSR count). The van der Waals surface area contributed by atoms with E-state index in [1.165, 1.54) is 0 Å². The standard InChI is InChI=1S/C12H14ClNO/c1-3-6-10(14-2)9-15-12-8-5-4-7-11(12)13/h3-8H,9H2,1-2H3/b6-3-,14-10?. The van der Waals surface area contributed by atoms with Crippen LogP contribution in [0.15, 0.2) is 41.4 Å². The predicted octanol–water partition coefficient (Wildman–Crippen LogP) is 3.37. The van der Waals surface area contributed by atoms with Crippen molar-refractivity contribution in [3.05, 3.63) is 41.4 Å². The smallest absolute Gasteiger partial charge is 0.138 e. The fourth-order valence-corrected chi connectivity index (χ4v) is 1.28. The van der Waals surface area contributed by atoms with Gasteiger partial charge in [0.15, 0.2) is 0 Å². The van der Waals surface area contributed by atoms with Gasteiger partial charge in [-0.25, -0.2) is 0 Å². The molecule has 0 saturated carbocycles. The summed E-state index contributed by atoms with van der Waals surface area (Å²) >= 11 is 5.95.